The number of amides is 2. The maximum Gasteiger partial charge on any atom is 0.227 e. The second-order valence-corrected chi connectivity index (χ2v) is 4.07. The fourth-order valence-electron chi connectivity index (χ4n) is 1.96. The minimum Gasteiger partial charge on any atom is -0.324 e. The molecule has 0 radical (unpaired) electrons. The van der Waals surface area contributed by atoms with Crippen molar-refractivity contribution in [2.24, 2.45) is 0 Å². The molecule has 1 aromatic carbocycles. The van der Waals surface area contributed by atoms with E-state index in [4.69, 9.17) is 0 Å². The van der Waals surface area contributed by atoms with Crippen molar-refractivity contribution in [3.05, 3.63) is 24.3 Å². The van der Waals surface area contributed by atoms with Gasteiger partial charge < -0.3 is 10.2 Å². The van der Waals surface area contributed by atoms with Crippen molar-refractivity contribution >= 4 is 23.2 Å². The molecule has 90 valence electrons. The Morgan fingerprint density at radius 2 is 2.18 bits per heavy atom. The Morgan fingerprint density at radius 3 is 2.82 bits per heavy atom. The summed E-state index contributed by atoms with van der Waals surface area (Å²) in [4.78, 5) is 24.9. The van der Waals surface area contributed by atoms with Gasteiger partial charge in [0.15, 0.2) is 0 Å². The Kier molecular flexibility index (Phi) is 3.42. The monoisotopic (exact) mass is 232 g/mol. The van der Waals surface area contributed by atoms with E-state index in [1.165, 1.54) is 0 Å². The molecular formula is C13H16N2O2. The first-order valence-corrected chi connectivity index (χ1v) is 5.91. The van der Waals surface area contributed by atoms with E-state index < -0.39 is 0 Å². The summed E-state index contributed by atoms with van der Waals surface area (Å²) in [5.41, 5.74) is 1.52. The Balaban J connectivity index is 2.27. The number of nitrogens with zero attached hydrogens (tertiary/aromatic N) is 1. The highest BCUT2D eigenvalue weighted by Crippen LogP contribution is 2.29. The quantitative estimate of drug-likeness (QED) is 0.868. The van der Waals surface area contributed by atoms with Gasteiger partial charge in [-0.05, 0) is 18.6 Å². The molecule has 1 aromatic rings. The van der Waals surface area contributed by atoms with E-state index in [1.807, 2.05) is 24.3 Å². The van der Waals surface area contributed by atoms with E-state index in [1.54, 1.807) is 11.8 Å². The zero-order valence-corrected chi connectivity index (χ0v) is 9.90. The van der Waals surface area contributed by atoms with Crippen LogP contribution in [0, 0.1) is 0 Å². The molecule has 1 fully saturated rings. The molecule has 0 aromatic heterocycles. The first kappa shape index (κ1) is 11.6. The first-order valence-electron chi connectivity index (χ1n) is 5.91. The van der Waals surface area contributed by atoms with E-state index >= 15 is 0 Å². The minimum atomic E-state index is -0.0379. The fourth-order valence-corrected chi connectivity index (χ4v) is 1.96. The van der Waals surface area contributed by atoms with Gasteiger partial charge in [0.25, 0.3) is 0 Å². The van der Waals surface area contributed by atoms with Gasteiger partial charge in [-0.15, -0.1) is 0 Å². The lowest BCUT2D eigenvalue weighted by atomic mass is 10.2. The predicted molar refractivity (Wildman–Crippen MR) is 66.9 cm³/mol. The summed E-state index contributed by atoms with van der Waals surface area (Å²) in [6.45, 7) is 2.54. The van der Waals surface area contributed by atoms with Crippen LogP contribution in [0.15, 0.2) is 24.3 Å². The Hall–Kier alpha value is -1.84. The standard InChI is InChI=1S/C13H16N2O2/c1-2-12(16)14-10-6-3-4-7-11(10)15-9-5-8-13(15)17/h3-4,6-7H,2,5,8-9H2,1H3,(H,14,16). The molecule has 0 unspecified atom stereocenters. The van der Waals surface area contributed by atoms with Crippen molar-refractivity contribution < 1.29 is 9.59 Å². The molecule has 0 spiro atoms. The van der Waals surface area contributed by atoms with Crippen molar-refractivity contribution in [3.8, 4) is 0 Å². The molecule has 2 rings (SSSR count). The van der Waals surface area contributed by atoms with Crippen LogP contribution in [0.25, 0.3) is 0 Å². The zero-order chi connectivity index (χ0) is 12.3. The Labute approximate surface area is 101 Å². The van der Waals surface area contributed by atoms with Crippen molar-refractivity contribution in [1.82, 2.24) is 0 Å². The molecule has 1 saturated heterocycles. The number of carbonyl (C=O) groups is 2. The maximum absolute atomic E-state index is 11.7. The SMILES string of the molecule is CCC(=O)Nc1ccccc1N1CCCC1=O. The molecular weight excluding hydrogens is 216 g/mol. The number of rotatable bonds is 3. The third-order valence-corrected chi connectivity index (χ3v) is 2.86. The highest BCUT2D eigenvalue weighted by atomic mass is 16.2. The van der Waals surface area contributed by atoms with Gasteiger partial charge in [-0.1, -0.05) is 19.1 Å². The van der Waals surface area contributed by atoms with Gasteiger partial charge in [0.2, 0.25) is 11.8 Å². The van der Waals surface area contributed by atoms with Crippen LogP contribution >= 0.6 is 0 Å². The third kappa shape index (κ3) is 2.46. The van der Waals surface area contributed by atoms with Crippen molar-refractivity contribution in [2.45, 2.75) is 26.2 Å². The van der Waals surface area contributed by atoms with Gasteiger partial charge in [-0.2, -0.15) is 0 Å². The van der Waals surface area contributed by atoms with Crippen LogP contribution in [-0.2, 0) is 9.59 Å². The number of benzene rings is 1. The van der Waals surface area contributed by atoms with Crippen molar-refractivity contribution in [3.63, 3.8) is 0 Å². The van der Waals surface area contributed by atoms with Crippen LogP contribution in [0.5, 0.6) is 0 Å². The van der Waals surface area contributed by atoms with Crippen LogP contribution in [0.4, 0.5) is 11.4 Å². The summed E-state index contributed by atoms with van der Waals surface area (Å²) in [5, 5.41) is 2.82. The normalized spacial score (nSPS) is 15.1. The third-order valence-electron chi connectivity index (χ3n) is 2.86. The van der Waals surface area contributed by atoms with Gasteiger partial charge in [0.1, 0.15) is 0 Å². The van der Waals surface area contributed by atoms with Crippen LogP contribution in [0.3, 0.4) is 0 Å². The first-order chi connectivity index (χ1) is 8.22. The molecule has 0 aliphatic carbocycles. The van der Waals surface area contributed by atoms with Crippen molar-refractivity contribution in [2.75, 3.05) is 16.8 Å². The molecule has 1 aliphatic heterocycles. The summed E-state index contributed by atoms with van der Waals surface area (Å²) in [6, 6.07) is 7.43. The second-order valence-electron chi connectivity index (χ2n) is 4.07. The van der Waals surface area contributed by atoms with E-state index in [2.05, 4.69) is 5.32 Å². The van der Waals surface area contributed by atoms with Gasteiger partial charge >= 0.3 is 0 Å². The van der Waals surface area contributed by atoms with E-state index in [0.29, 0.717) is 12.8 Å². The largest absolute Gasteiger partial charge is 0.324 e. The van der Waals surface area contributed by atoms with Gasteiger partial charge in [0.05, 0.1) is 11.4 Å². The highest BCUT2D eigenvalue weighted by Gasteiger charge is 2.23. The van der Waals surface area contributed by atoms with Gasteiger partial charge in [-0.25, -0.2) is 0 Å². The van der Waals surface area contributed by atoms with Crippen molar-refractivity contribution in [1.29, 1.82) is 0 Å². The lowest BCUT2D eigenvalue weighted by Crippen LogP contribution is -2.25. The lowest BCUT2D eigenvalue weighted by molar-refractivity contribution is -0.117. The van der Waals surface area contributed by atoms with E-state index in [-0.39, 0.29) is 11.8 Å². The molecule has 0 saturated carbocycles. The molecule has 4 nitrogen and oxygen atoms in total. The average Bonchev–Trinajstić information content (AvgIpc) is 2.76. The molecule has 0 bridgehead atoms. The molecule has 4 heteroatoms. The molecule has 0 atom stereocenters. The summed E-state index contributed by atoms with van der Waals surface area (Å²) in [5.74, 6) is 0.0901. The van der Waals surface area contributed by atoms with Gasteiger partial charge in [-0.3, -0.25) is 9.59 Å². The lowest BCUT2D eigenvalue weighted by Gasteiger charge is -2.19. The highest BCUT2D eigenvalue weighted by molar-refractivity contribution is 6.01. The molecule has 17 heavy (non-hydrogen) atoms. The van der Waals surface area contributed by atoms with Crippen LogP contribution in [0.2, 0.25) is 0 Å². The zero-order valence-electron chi connectivity index (χ0n) is 9.90. The van der Waals surface area contributed by atoms with E-state index in [0.717, 1.165) is 24.3 Å². The summed E-state index contributed by atoms with van der Waals surface area (Å²) in [7, 11) is 0. The maximum atomic E-state index is 11.7. The number of para-hydroxylation sites is 2. The Bertz CT molecular complexity index is 443. The van der Waals surface area contributed by atoms with Crippen LogP contribution in [-0.4, -0.2) is 18.4 Å². The topological polar surface area (TPSA) is 49.4 Å². The van der Waals surface area contributed by atoms with Crippen LogP contribution < -0.4 is 10.2 Å². The summed E-state index contributed by atoms with van der Waals surface area (Å²) in [6.07, 6.45) is 1.91. The molecule has 1 N–H and O–H groups in total. The van der Waals surface area contributed by atoms with Crippen LogP contribution in [0.1, 0.15) is 26.2 Å². The summed E-state index contributed by atoms with van der Waals surface area (Å²) < 4.78 is 0. The molecule has 1 heterocycles. The predicted octanol–water partition coefficient (Wildman–Crippen LogP) is 2.16. The molecule has 1 aliphatic rings. The number of anilines is 2. The number of hydrogen-bond acceptors (Lipinski definition) is 2. The summed E-state index contributed by atoms with van der Waals surface area (Å²) >= 11 is 0. The Morgan fingerprint density at radius 1 is 1.41 bits per heavy atom. The molecule has 2 amide bonds. The minimum absolute atomic E-state index is 0.0379. The van der Waals surface area contributed by atoms with Gasteiger partial charge in [0, 0.05) is 19.4 Å². The number of nitrogens with one attached hydrogen (secondary N) is 1. The number of hydrogen-bond donors (Lipinski definition) is 1. The number of carbonyl (C=O) groups excluding carboxylic acids is 2. The second kappa shape index (κ2) is 4.99. The smallest absolute Gasteiger partial charge is 0.227 e. The fraction of sp³-hybridized carbons (Fsp3) is 0.385. The van der Waals surface area contributed by atoms with E-state index in [9.17, 15) is 9.59 Å². The average molecular weight is 232 g/mol.